The van der Waals surface area contributed by atoms with E-state index in [1.807, 2.05) is 0 Å². The van der Waals surface area contributed by atoms with Gasteiger partial charge in [-0.2, -0.15) is 0 Å². The quantitative estimate of drug-likeness (QED) is 0.323. The molecule has 0 spiro atoms. The number of benzene rings is 2. The molecule has 5 heteroatoms. The minimum atomic E-state index is 0.127. The van der Waals surface area contributed by atoms with Gasteiger partial charge in [0.05, 0.1) is 15.7 Å². The van der Waals surface area contributed by atoms with E-state index in [1.54, 1.807) is 11.8 Å². The summed E-state index contributed by atoms with van der Waals surface area (Å²) in [5, 5.41) is 0. The molecule has 0 fully saturated rings. The molecule has 2 nitrogen and oxygen atoms in total. The molecule has 0 aliphatic heterocycles. The van der Waals surface area contributed by atoms with Gasteiger partial charge in [0.25, 0.3) is 4.06 Å². The SMILES string of the molecule is CCC(C)c1ccc(OCCC(C)C)c(-c2sc(=O)sc2Sc2ccc(C)cc2)c1. The van der Waals surface area contributed by atoms with Crippen molar-refractivity contribution in [2.75, 3.05) is 6.61 Å². The Kier molecular flexibility index (Phi) is 8.20. The van der Waals surface area contributed by atoms with Crippen molar-refractivity contribution >= 4 is 34.4 Å². The van der Waals surface area contributed by atoms with Gasteiger partial charge in [-0.3, -0.25) is 4.79 Å². The van der Waals surface area contributed by atoms with Crippen molar-refractivity contribution in [2.45, 2.75) is 62.5 Å². The molecule has 3 aromatic rings. The lowest BCUT2D eigenvalue weighted by Crippen LogP contribution is -2.03. The summed E-state index contributed by atoms with van der Waals surface area (Å²) in [4.78, 5) is 14.6. The summed E-state index contributed by atoms with van der Waals surface area (Å²) in [6.07, 6.45) is 2.09. The van der Waals surface area contributed by atoms with Crippen LogP contribution in [0, 0.1) is 12.8 Å². The van der Waals surface area contributed by atoms with Crippen LogP contribution in [0.2, 0.25) is 0 Å². The summed E-state index contributed by atoms with van der Waals surface area (Å²) in [7, 11) is 0. The largest absolute Gasteiger partial charge is 0.493 e. The molecule has 1 aromatic heterocycles. The summed E-state index contributed by atoms with van der Waals surface area (Å²) in [6, 6.07) is 15.0. The van der Waals surface area contributed by atoms with E-state index in [-0.39, 0.29) is 4.06 Å². The van der Waals surface area contributed by atoms with E-state index in [2.05, 4.69) is 77.1 Å². The van der Waals surface area contributed by atoms with Crippen LogP contribution in [0.4, 0.5) is 0 Å². The Bertz CT molecular complexity index is 1020. The van der Waals surface area contributed by atoms with Crippen molar-refractivity contribution in [3.63, 3.8) is 0 Å². The van der Waals surface area contributed by atoms with Crippen LogP contribution in [0.25, 0.3) is 10.4 Å². The summed E-state index contributed by atoms with van der Waals surface area (Å²) in [5.74, 6) is 1.94. The average molecular weight is 459 g/mol. The topological polar surface area (TPSA) is 26.3 Å². The molecule has 0 aliphatic carbocycles. The minimum absolute atomic E-state index is 0.127. The second kappa shape index (κ2) is 10.7. The first-order valence-corrected chi connectivity index (χ1v) is 13.0. The van der Waals surface area contributed by atoms with Gasteiger partial charge in [0, 0.05) is 10.5 Å². The van der Waals surface area contributed by atoms with Gasteiger partial charge in [0.1, 0.15) is 5.75 Å². The van der Waals surface area contributed by atoms with Gasteiger partial charge < -0.3 is 4.74 Å². The lowest BCUT2D eigenvalue weighted by atomic mass is 9.96. The van der Waals surface area contributed by atoms with Crippen molar-refractivity contribution in [3.05, 3.63) is 62.4 Å². The summed E-state index contributed by atoms with van der Waals surface area (Å²) < 4.78 is 7.37. The van der Waals surface area contributed by atoms with Crippen LogP contribution in [0.5, 0.6) is 5.75 Å². The Morgan fingerprint density at radius 3 is 2.43 bits per heavy atom. The Balaban J connectivity index is 2.01. The molecule has 0 radical (unpaired) electrons. The molecule has 2 aromatic carbocycles. The molecule has 0 N–H and O–H groups in total. The average Bonchev–Trinajstić information content (AvgIpc) is 3.09. The minimum Gasteiger partial charge on any atom is -0.493 e. The normalized spacial score (nSPS) is 12.3. The third kappa shape index (κ3) is 5.99. The fourth-order valence-corrected chi connectivity index (χ4v) is 6.58. The fraction of sp³-hybridized carbons (Fsp3) is 0.400. The molecule has 3 rings (SSSR count). The van der Waals surface area contributed by atoms with Crippen LogP contribution >= 0.6 is 34.4 Å². The zero-order chi connectivity index (χ0) is 21.7. The van der Waals surface area contributed by atoms with Crippen LogP contribution in [0.3, 0.4) is 0 Å². The van der Waals surface area contributed by atoms with E-state index < -0.39 is 0 Å². The molecular formula is C25H30O2S3. The molecule has 0 saturated carbocycles. The van der Waals surface area contributed by atoms with Gasteiger partial charge in [-0.1, -0.05) is 85.9 Å². The number of aryl methyl sites for hydroxylation is 1. The summed E-state index contributed by atoms with van der Waals surface area (Å²) >= 11 is 4.34. The highest BCUT2D eigenvalue weighted by Gasteiger charge is 2.19. The van der Waals surface area contributed by atoms with Crippen molar-refractivity contribution in [2.24, 2.45) is 5.92 Å². The third-order valence-corrected chi connectivity index (χ3v) is 8.67. The smallest absolute Gasteiger partial charge is 0.289 e. The molecule has 1 heterocycles. The molecule has 0 saturated heterocycles. The Labute approximate surface area is 192 Å². The van der Waals surface area contributed by atoms with Crippen molar-refractivity contribution in [1.29, 1.82) is 0 Å². The van der Waals surface area contributed by atoms with Crippen LogP contribution < -0.4 is 8.79 Å². The second-order valence-electron chi connectivity index (χ2n) is 8.08. The molecule has 0 amide bonds. The van der Waals surface area contributed by atoms with Gasteiger partial charge in [-0.25, -0.2) is 0 Å². The molecule has 1 unspecified atom stereocenters. The van der Waals surface area contributed by atoms with E-state index in [1.165, 1.54) is 33.8 Å². The van der Waals surface area contributed by atoms with E-state index in [0.717, 1.165) is 38.1 Å². The molecular weight excluding hydrogens is 428 g/mol. The lowest BCUT2D eigenvalue weighted by Gasteiger charge is -2.16. The molecule has 30 heavy (non-hydrogen) atoms. The predicted octanol–water partition coefficient (Wildman–Crippen LogP) is 8.23. The molecule has 0 aliphatic rings. The van der Waals surface area contributed by atoms with Crippen LogP contribution in [0.1, 0.15) is 57.6 Å². The van der Waals surface area contributed by atoms with Crippen molar-refractivity contribution < 1.29 is 4.74 Å². The van der Waals surface area contributed by atoms with E-state index in [9.17, 15) is 4.79 Å². The van der Waals surface area contributed by atoms with Gasteiger partial charge in [0.2, 0.25) is 0 Å². The highest BCUT2D eigenvalue weighted by molar-refractivity contribution is 8.01. The Hall–Kier alpha value is -1.56. The van der Waals surface area contributed by atoms with Gasteiger partial charge >= 0.3 is 0 Å². The Morgan fingerprint density at radius 1 is 1.03 bits per heavy atom. The summed E-state index contributed by atoms with van der Waals surface area (Å²) in [6.45, 7) is 11.6. The zero-order valence-corrected chi connectivity index (χ0v) is 20.8. The highest BCUT2D eigenvalue weighted by atomic mass is 32.2. The number of hydrogen-bond donors (Lipinski definition) is 0. The number of ether oxygens (including phenoxy) is 1. The van der Waals surface area contributed by atoms with Crippen molar-refractivity contribution in [1.82, 2.24) is 0 Å². The van der Waals surface area contributed by atoms with Crippen LogP contribution in [-0.2, 0) is 0 Å². The monoisotopic (exact) mass is 458 g/mol. The molecule has 0 bridgehead atoms. The summed E-state index contributed by atoms with van der Waals surface area (Å²) in [5.41, 5.74) is 3.58. The van der Waals surface area contributed by atoms with E-state index in [0.29, 0.717) is 18.4 Å². The van der Waals surface area contributed by atoms with E-state index in [4.69, 9.17) is 4.74 Å². The maximum atomic E-state index is 12.4. The maximum Gasteiger partial charge on any atom is 0.289 e. The number of hydrogen-bond acceptors (Lipinski definition) is 5. The molecule has 160 valence electrons. The Morgan fingerprint density at radius 2 is 1.77 bits per heavy atom. The van der Waals surface area contributed by atoms with Gasteiger partial charge in [0.15, 0.2) is 0 Å². The number of rotatable bonds is 9. The van der Waals surface area contributed by atoms with Crippen molar-refractivity contribution in [3.8, 4) is 16.2 Å². The zero-order valence-electron chi connectivity index (χ0n) is 18.4. The van der Waals surface area contributed by atoms with E-state index >= 15 is 0 Å². The lowest BCUT2D eigenvalue weighted by molar-refractivity contribution is 0.290. The second-order valence-corrected chi connectivity index (χ2v) is 11.6. The fourth-order valence-electron chi connectivity index (χ4n) is 3.01. The first-order valence-electron chi connectivity index (χ1n) is 10.5. The van der Waals surface area contributed by atoms with Gasteiger partial charge in [-0.05, 0) is 61.4 Å². The maximum absolute atomic E-state index is 12.4. The van der Waals surface area contributed by atoms with Crippen LogP contribution in [-0.4, -0.2) is 6.61 Å². The highest BCUT2D eigenvalue weighted by Crippen LogP contribution is 2.44. The third-order valence-electron chi connectivity index (χ3n) is 5.16. The van der Waals surface area contributed by atoms with Gasteiger partial charge in [-0.15, -0.1) is 0 Å². The first kappa shape index (κ1) is 23.1. The predicted molar refractivity (Wildman–Crippen MR) is 133 cm³/mol. The molecule has 1 atom stereocenters. The first-order chi connectivity index (χ1) is 14.4. The van der Waals surface area contributed by atoms with Crippen LogP contribution in [0.15, 0.2) is 56.4 Å². The standard InChI is InChI=1S/C25H30O2S3/c1-6-18(5)19-9-12-22(27-14-13-16(2)3)21(15-19)23-24(30-25(26)29-23)28-20-10-7-17(4)8-11-20/h7-12,15-16,18H,6,13-14H2,1-5H3.